The minimum Gasteiger partial charge on any atom is -0.497 e. The second-order valence-electron chi connectivity index (χ2n) is 6.50. The van der Waals surface area contributed by atoms with Gasteiger partial charge in [0.15, 0.2) is 10.6 Å². The van der Waals surface area contributed by atoms with Crippen molar-refractivity contribution in [3.8, 4) is 22.9 Å². The Bertz CT molecular complexity index is 983. The van der Waals surface area contributed by atoms with Crippen LogP contribution in [0, 0.1) is 4.77 Å². The van der Waals surface area contributed by atoms with E-state index < -0.39 is 0 Å². The number of hydrogen-bond donors (Lipinski definition) is 1. The Labute approximate surface area is 174 Å². The maximum absolute atomic E-state index is 12.7. The Morgan fingerprint density at radius 1 is 1.14 bits per heavy atom. The summed E-state index contributed by atoms with van der Waals surface area (Å²) in [6.45, 7) is 1.26. The number of carbonyl (C=O) groups excluding carboxylic acids is 1. The maximum Gasteiger partial charge on any atom is 0.242 e. The largest absolute Gasteiger partial charge is 0.497 e. The number of hydrogen-bond acceptors (Lipinski definition) is 5. The standard InChI is InChI=1S/C21H24N4O3S/c1-24(13-6-14-28-18-7-4-3-5-8-18)19(26)15-25-20(22-23-21(25)29)16-9-11-17(27-2)12-10-16/h3-5,7-12H,6,13-15H2,1-2H3,(H,23,29). The van der Waals surface area contributed by atoms with Crippen LogP contribution in [0.25, 0.3) is 11.4 Å². The topological polar surface area (TPSA) is 72.4 Å². The van der Waals surface area contributed by atoms with Crippen molar-refractivity contribution in [3.63, 3.8) is 0 Å². The molecule has 0 fully saturated rings. The van der Waals surface area contributed by atoms with Gasteiger partial charge in [0.05, 0.1) is 13.7 Å². The van der Waals surface area contributed by atoms with E-state index in [-0.39, 0.29) is 12.5 Å². The molecule has 1 N–H and O–H groups in total. The number of methoxy groups -OCH3 is 1. The molecule has 0 unspecified atom stereocenters. The molecule has 3 aromatic rings. The third kappa shape index (κ3) is 5.45. The van der Waals surface area contributed by atoms with E-state index in [1.165, 1.54) is 0 Å². The number of aromatic nitrogens is 3. The summed E-state index contributed by atoms with van der Waals surface area (Å²) in [5.41, 5.74) is 0.852. The summed E-state index contributed by atoms with van der Waals surface area (Å²) in [6.07, 6.45) is 0.735. The first-order valence-electron chi connectivity index (χ1n) is 9.30. The van der Waals surface area contributed by atoms with Crippen LogP contribution in [0.3, 0.4) is 0 Å². The van der Waals surface area contributed by atoms with Crippen molar-refractivity contribution >= 4 is 18.1 Å². The SMILES string of the molecule is COc1ccc(-c2n[nH]c(=S)n2CC(=O)N(C)CCCOc2ccccc2)cc1. The molecule has 1 aromatic heterocycles. The van der Waals surface area contributed by atoms with Gasteiger partial charge in [0, 0.05) is 19.2 Å². The molecular formula is C21H24N4O3S. The van der Waals surface area contributed by atoms with Gasteiger partial charge >= 0.3 is 0 Å². The summed E-state index contributed by atoms with van der Waals surface area (Å²) in [4.78, 5) is 14.3. The van der Waals surface area contributed by atoms with E-state index in [0.29, 0.717) is 23.7 Å². The molecule has 2 aromatic carbocycles. The normalized spacial score (nSPS) is 10.6. The van der Waals surface area contributed by atoms with Gasteiger partial charge in [-0.25, -0.2) is 0 Å². The average molecular weight is 413 g/mol. The van der Waals surface area contributed by atoms with Gasteiger partial charge in [-0.1, -0.05) is 18.2 Å². The smallest absolute Gasteiger partial charge is 0.242 e. The summed E-state index contributed by atoms with van der Waals surface area (Å²) >= 11 is 5.32. The number of benzene rings is 2. The van der Waals surface area contributed by atoms with E-state index in [9.17, 15) is 4.79 Å². The summed E-state index contributed by atoms with van der Waals surface area (Å²) in [7, 11) is 3.39. The first kappa shape index (κ1) is 20.6. The molecule has 7 nitrogen and oxygen atoms in total. The Morgan fingerprint density at radius 3 is 2.55 bits per heavy atom. The zero-order chi connectivity index (χ0) is 20.6. The highest BCUT2D eigenvalue weighted by Crippen LogP contribution is 2.21. The summed E-state index contributed by atoms with van der Waals surface area (Å²) < 4.78 is 13.0. The molecule has 0 atom stereocenters. The van der Waals surface area contributed by atoms with Crippen LogP contribution in [-0.4, -0.2) is 52.9 Å². The van der Waals surface area contributed by atoms with Gasteiger partial charge in [0.2, 0.25) is 5.91 Å². The summed E-state index contributed by atoms with van der Waals surface area (Å²) in [5.74, 6) is 2.15. The summed E-state index contributed by atoms with van der Waals surface area (Å²) in [6, 6.07) is 17.1. The van der Waals surface area contributed by atoms with Gasteiger partial charge in [0.25, 0.3) is 0 Å². The number of H-pyrrole nitrogens is 1. The maximum atomic E-state index is 12.7. The number of rotatable bonds is 9. The number of ether oxygens (including phenoxy) is 2. The quantitative estimate of drug-likeness (QED) is 0.430. The molecule has 0 bridgehead atoms. The highest BCUT2D eigenvalue weighted by Gasteiger charge is 2.15. The number of nitrogens with one attached hydrogen (secondary N) is 1. The van der Waals surface area contributed by atoms with Gasteiger partial charge < -0.3 is 14.4 Å². The lowest BCUT2D eigenvalue weighted by molar-refractivity contribution is -0.130. The minimum absolute atomic E-state index is 0.0445. The predicted octanol–water partition coefficient (Wildman–Crippen LogP) is 3.54. The number of para-hydroxylation sites is 1. The number of likely N-dealkylation sites (N-methyl/N-ethyl adjacent to an activating group) is 1. The Hall–Kier alpha value is -3.13. The fourth-order valence-corrected chi connectivity index (χ4v) is 3.01. The van der Waals surface area contributed by atoms with Gasteiger partial charge in [-0.05, 0) is 55.0 Å². The fourth-order valence-electron chi connectivity index (χ4n) is 2.81. The molecule has 0 radical (unpaired) electrons. The number of nitrogens with zero attached hydrogens (tertiary/aromatic N) is 3. The molecule has 0 saturated heterocycles. The van der Waals surface area contributed by atoms with E-state index in [1.807, 2.05) is 54.6 Å². The molecule has 29 heavy (non-hydrogen) atoms. The van der Waals surface area contributed by atoms with Crippen molar-refractivity contribution < 1.29 is 14.3 Å². The molecule has 0 saturated carbocycles. The van der Waals surface area contributed by atoms with Crippen molar-refractivity contribution in [2.24, 2.45) is 0 Å². The second kappa shape index (κ2) is 9.88. The van der Waals surface area contributed by atoms with Crippen LogP contribution in [0.1, 0.15) is 6.42 Å². The van der Waals surface area contributed by atoms with Crippen LogP contribution in [0.2, 0.25) is 0 Å². The van der Waals surface area contributed by atoms with Gasteiger partial charge in [-0.2, -0.15) is 5.10 Å². The number of amides is 1. The third-order valence-corrected chi connectivity index (χ3v) is 4.79. The zero-order valence-electron chi connectivity index (χ0n) is 16.5. The molecule has 152 valence electrons. The highest BCUT2D eigenvalue weighted by molar-refractivity contribution is 7.71. The van der Waals surface area contributed by atoms with Crippen LogP contribution in [0.15, 0.2) is 54.6 Å². The van der Waals surface area contributed by atoms with E-state index in [2.05, 4.69) is 10.2 Å². The number of carbonyl (C=O) groups is 1. The number of aromatic amines is 1. The van der Waals surface area contributed by atoms with Crippen LogP contribution >= 0.6 is 12.2 Å². The first-order chi connectivity index (χ1) is 14.1. The average Bonchev–Trinajstić information content (AvgIpc) is 3.12. The molecule has 8 heteroatoms. The van der Waals surface area contributed by atoms with Crippen molar-refractivity contribution in [2.75, 3.05) is 27.3 Å². The van der Waals surface area contributed by atoms with Crippen LogP contribution in [0.5, 0.6) is 11.5 Å². The molecule has 1 amide bonds. The Kier molecular flexibility index (Phi) is 7.02. The van der Waals surface area contributed by atoms with Crippen molar-refractivity contribution in [1.29, 1.82) is 0 Å². The molecule has 1 heterocycles. The van der Waals surface area contributed by atoms with E-state index in [1.54, 1.807) is 23.6 Å². The van der Waals surface area contributed by atoms with Crippen LogP contribution in [-0.2, 0) is 11.3 Å². The van der Waals surface area contributed by atoms with Crippen molar-refractivity contribution in [2.45, 2.75) is 13.0 Å². The molecule has 0 aliphatic rings. The first-order valence-corrected chi connectivity index (χ1v) is 9.70. The van der Waals surface area contributed by atoms with Gasteiger partial charge in [-0.15, -0.1) is 0 Å². The highest BCUT2D eigenvalue weighted by atomic mass is 32.1. The van der Waals surface area contributed by atoms with Crippen LogP contribution < -0.4 is 9.47 Å². The summed E-state index contributed by atoms with van der Waals surface area (Å²) in [5, 5.41) is 7.05. The monoisotopic (exact) mass is 412 g/mol. The lowest BCUT2D eigenvalue weighted by atomic mass is 10.2. The second-order valence-corrected chi connectivity index (χ2v) is 6.88. The predicted molar refractivity (Wildman–Crippen MR) is 114 cm³/mol. The van der Waals surface area contributed by atoms with Crippen molar-refractivity contribution in [3.05, 3.63) is 59.4 Å². The fraction of sp³-hybridized carbons (Fsp3) is 0.286. The third-order valence-electron chi connectivity index (χ3n) is 4.48. The Morgan fingerprint density at radius 2 is 1.86 bits per heavy atom. The van der Waals surface area contributed by atoms with E-state index in [4.69, 9.17) is 21.7 Å². The van der Waals surface area contributed by atoms with Crippen molar-refractivity contribution in [1.82, 2.24) is 19.7 Å². The lowest BCUT2D eigenvalue weighted by Crippen LogP contribution is -2.32. The van der Waals surface area contributed by atoms with Crippen LogP contribution in [0.4, 0.5) is 0 Å². The van der Waals surface area contributed by atoms with E-state index in [0.717, 1.165) is 23.5 Å². The molecule has 0 spiro atoms. The van der Waals surface area contributed by atoms with E-state index >= 15 is 0 Å². The molecular weight excluding hydrogens is 388 g/mol. The van der Waals surface area contributed by atoms with Gasteiger partial charge in [0.1, 0.15) is 18.0 Å². The van der Waals surface area contributed by atoms with Gasteiger partial charge in [-0.3, -0.25) is 14.5 Å². The Balaban J connectivity index is 1.57. The lowest BCUT2D eigenvalue weighted by Gasteiger charge is -2.18. The zero-order valence-corrected chi connectivity index (χ0v) is 17.3. The molecule has 0 aliphatic carbocycles. The molecule has 0 aliphatic heterocycles. The molecule has 3 rings (SSSR count). The minimum atomic E-state index is -0.0445.